The molecule has 15 heavy (non-hydrogen) atoms. The second kappa shape index (κ2) is 3.02. The maximum absolute atomic E-state index is 3.56. The molecule has 0 radical (unpaired) electrons. The first-order valence-corrected chi connectivity index (χ1v) is 5.55. The predicted octanol–water partition coefficient (Wildman–Crippen LogP) is 3.00. The van der Waals surface area contributed by atoms with Gasteiger partial charge in [0.2, 0.25) is 0 Å². The van der Waals surface area contributed by atoms with Crippen LogP contribution >= 0.6 is 0 Å². The Labute approximate surface area is 89.9 Å². The van der Waals surface area contributed by atoms with E-state index in [-0.39, 0.29) is 0 Å². The standard InChI is InChI=1S/C13H16N2/c1-9-7-12(9)14-11-3-4-13-10(8-11)5-6-15(13)2/h3-6,8-9,12,14H,7H2,1-2H3. The smallest absolute Gasteiger partial charge is 0.0479 e. The van der Waals surface area contributed by atoms with Crippen LogP contribution in [0.1, 0.15) is 13.3 Å². The largest absolute Gasteiger partial charge is 0.382 e. The summed E-state index contributed by atoms with van der Waals surface area (Å²) in [6.45, 7) is 2.29. The van der Waals surface area contributed by atoms with Crippen LogP contribution < -0.4 is 5.32 Å². The van der Waals surface area contributed by atoms with Crippen molar-refractivity contribution < 1.29 is 0 Å². The molecule has 1 N–H and O–H groups in total. The molecule has 2 aromatic rings. The molecule has 2 heteroatoms. The fourth-order valence-corrected chi connectivity index (χ4v) is 2.11. The molecule has 0 spiro atoms. The van der Waals surface area contributed by atoms with E-state index < -0.39 is 0 Å². The Hall–Kier alpha value is -1.44. The average Bonchev–Trinajstić information content (AvgIpc) is 2.77. The van der Waals surface area contributed by atoms with E-state index in [1.165, 1.54) is 23.0 Å². The van der Waals surface area contributed by atoms with Crippen molar-refractivity contribution in [2.24, 2.45) is 13.0 Å². The van der Waals surface area contributed by atoms with Crippen molar-refractivity contribution in [1.29, 1.82) is 0 Å². The van der Waals surface area contributed by atoms with Crippen LogP contribution in [0.3, 0.4) is 0 Å². The van der Waals surface area contributed by atoms with Gasteiger partial charge in [-0.05, 0) is 36.6 Å². The molecule has 1 aliphatic rings. The van der Waals surface area contributed by atoms with Gasteiger partial charge in [-0.15, -0.1) is 0 Å². The number of rotatable bonds is 2. The fourth-order valence-electron chi connectivity index (χ4n) is 2.11. The lowest BCUT2D eigenvalue weighted by Gasteiger charge is -2.05. The molecule has 1 fully saturated rings. The number of nitrogens with one attached hydrogen (secondary N) is 1. The van der Waals surface area contributed by atoms with Crippen LogP contribution in [0, 0.1) is 5.92 Å². The minimum absolute atomic E-state index is 0.700. The first kappa shape index (κ1) is 8.84. The third-order valence-corrected chi connectivity index (χ3v) is 3.35. The zero-order chi connectivity index (χ0) is 10.4. The van der Waals surface area contributed by atoms with Gasteiger partial charge in [-0.2, -0.15) is 0 Å². The second-order valence-electron chi connectivity index (χ2n) is 4.66. The van der Waals surface area contributed by atoms with Crippen LogP contribution in [0.15, 0.2) is 30.5 Å². The molecule has 0 aliphatic heterocycles. The minimum Gasteiger partial charge on any atom is -0.382 e. The van der Waals surface area contributed by atoms with Crippen LogP contribution in [0.25, 0.3) is 10.9 Å². The lowest BCUT2D eigenvalue weighted by atomic mass is 10.2. The summed E-state index contributed by atoms with van der Waals surface area (Å²) < 4.78 is 2.15. The highest BCUT2D eigenvalue weighted by Crippen LogP contribution is 2.33. The highest BCUT2D eigenvalue weighted by molar-refractivity contribution is 5.83. The van der Waals surface area contributed by atoms with Crippen molar-refractivity contribution in [1.82, 2.24) is 4.57 Å². The third kappa shape index (κ3) is 1.50. The van der Waals surface area contributed by atoms with Gasteiger partial charge < -0.3 is 9.88 Å². The van der Waals surface area contributed by atoms with Crippen molar-refractivity contribution >= 4 is 16.6 Å². The quantitative estimate of drug-likeness (QED) is 0.788. The minimum atomic E-state index is 0.700. The van der Waals surface area contributed by atoms with Gasteiger partial charge >= 0.3 is 0 Å². The Balaban J connectivity index is 1.92. The molecule has 2 unspecified atom stereocenters. The average molecular weight is 200 g/mol. The van der Waals surface area contributed by atoms with Gasteiger partial charge in [-0.1, -0.05) is 6.92 Å². The molecule has 0 amide bonds. The van der Waals surface area contributed by atoms with Gasteiger partial charge in [0.1, 0.15) is 0 Å². The summed E-state index contributed by atoms with van der Waals surface area (Å²) in [5.74, 6) is 0.844. The highest BCUT2D eigenvalue weighted by Gasteiger charge is 2.32. The molecule has 78 valence electrons. The lowest BCUT2D eigenvalue weighted by molar-refractivity contribution is 0.929. The number of anilines is 1. The van der Waals surface area contributed by atoms with E-state index in [4.69, 9.17) is 0 Å². The maximum Gasteiger partial charge on any atom is 0.0479 e. The Morgan fingerprint density at radius 3 is 2.87 bits per heavy atom. The van der Waals surface area contributed by atoms with Gasteiger partial charge in [-0.3, -0.25) is 0 Å². The molecule has 0 bridgehead atoms. The number of hydrogen-bond acceptors (Lipinski definition) is 1. The number of nitrogens with zero attached hydrogens (tertiary/aromatic N) is 1. The maximum atomic E-state index is 3.56. The summed E-state index contributed by atoms with van der Waals surface area (Å²) >= 11 is 0. The molecule has 2 atom stereocenters. The Kier molecular flexibility index (Phi) is 1.78. The van der Waals surface area contributed by atoms with Gasteiger partial charge in [0.15, 0.2) is 0 Å². The van der Waals surface area contributed by atoms with E-state index in [1.807, 2.05) is 0 Å². The Morgan fingerprint density at radius 2 is 2.13 bits per heavy atom. The number of aromatic nitrogens is 1. The lowest BCUT2D eigenvalue weighted by Crippen LogP contribution is -2.02. The number of benzene rings is 1. The van der Waals surface area contributed by atoms with Gasteiger partial charge in [0, 0.05) is 35.9 Å². The van der Waals surface area contributed by atoms with Crippen molar-refractivity contribution in [3.05, 3.63) is 30.5 Å². The van der Waals surface area contributed by atoms with Gasteiger partial charge in [0.05, 0.1) is 0 Å². The Bertz CT molecular complexity index is 498. The van der Waals surface area contributed by atoms with E-state index in [0.717, 1.165) is 5.92 Å². The SMILES string of the molecule is CC1CC1Nc1ccc2c(ccn2C)c1. The van der Waals surface area contributed by atoms with E-state index in [0.29, 0.717) is 6.04 Å². The van der Waals surface area contributed by atoms with Gasteiger partial charge in [-0.25, -0.2) is 0 Å². The summed E-state index contributed by atoms with van der Waals surface area (Å²) in [6, 6.07) is 9.46. The monoisotopic (exact) mass is 200 g/mol. The molecule has 2 nitrogen and oxygen atoms in total. The summed E-state index contributed by atoms with van der Waals surface area (Å²) in [6.07, 6.45) is 3.42. The summed E-state index contributed by atoms with van der Waals surface area (Å²) in [4.78, 5) is 0. The van der Waals surface area contributed by atoms with E-state index in [2.05, 4.69) is 54.3 Å². The van der Waals surface area contributed by atoms with Gasteiger partial charge in [0.25, 0.3) is 0 Å². The first-order valence-electron chi connectivity index (χ1n) is 5.55. The number of aryl methyl sites for hydroxylation is 1. The number of hydrogen-bond donors (Lipinski definition) is 1. The first-order chi connectivity index (χ1) is 7.24. The summed E-state index contributed by atoms with van der Waals surface area (Å²) in [5.41, 5.74) is 2.55. The topological polar surface area (TPSA) is 17.0 Å². The molecule has 1 heterocycles. The van der Waals surface area contributed by atoms with Crippen molar-refractivity contribution in [3.63, 3.8) is 0 Å². The molecule has 1 aromatic carbocycles. The molecular weight excluding hydrogens is 184 g/mol. The second-order valence-corrected chi connectivity index (χ2v) is 4.66. The van der Waals surface area contributed by atoms with Crippen LogP contribution in [0.2, 0.25) is 0 Å². The zero-order valence-electron chi connectivity index (χ0n) is 9.20. The molecular formula is C13H16N2. The molecule has 0 saturated heterocycles. The molecule has 1 aliphatic carbocycles. The van der Waals surface area contributed by atoms with Crippen LogP contribution in [-0.2, 0) is 7.05 Å². The fraction of sp³-hybridized carbons (Fsp3) is 0.385. The molecule has 1 aromatic heterocycles. The van der Waals surface area contributed by atoms with Crippen molar-refractivity contribution in [3.8, 4) is 0 Å². The van der Waals surface area contributed by atoms with E-state index >= 15 is 0 Å². The van der Waals surface area contributed by atoms with E-state index in [1.54, 1.807) is 0 Å². The van der Waals surface area contributed by atoms with Crippen LogP contribution in [0.4, 0.5) is 5.69 Å². The third-order valence-electron chi connectivity index (χ3n) is 3.35. The van der Waals surface area contributed by atoms with Crippen LogP contribution in [-0.4, -0.2) is 10.6 Å². The van der Waals surface area contributed by atoms with E-state index in [9.17, 15) is 0 Å². The zero-order valence-corrected chi connectivity index (χ0v) is 9.20. The highest BCUT2D eigenvalue weighted by atomic mass is 15.0. The summed E-state index contributed by atoms with van der Waals surface area (Å²) in [7, 11) is 2.08. The molecule has 1 saturated carbocycles. The molecule has 3 rings (SSSR count). The normalized spacial score (nSPS) is 24.4. The van der Waals surface area contributed by atoms with Crippen molar-refractivity contribution in [2.45, 2.75) is 19.4 Å². The summed E-state index contributed by atoms with van der Waals surface area (Å²) in [5, 5.41) is 4.87. The number of fused-ring (bicyclic) bond motifs is 1. The van der Waals surface area contributed by atoms with Crippen molar-refractivity contribution in [2.75, 3.05) is 5.32 Å². The van der Waals surface area contributed by atoms with Crippen LogP contribution in [0.5, 0.6) is 0 Å². The Morgan fingerprint density at radius 1 is 1.33 bits per heavy atom. The predicted molar refractivity (Wildman–Crippen MR) is 64.1 cm³/mol.